The first-order valence-electron chi connectivity index (χ1n) is 7.80. The Labute approximate surface area is 128 Å². The third-order valence-electron chi connectivity index (χ3n) is 3.69. The van der Waals surface area contributed by atoms with Crippen LogP contribution in [-0.4, -0.2) is 25.1 Å². The second-order valence-corrected chi connectivity index (χ2v) is 5.45. The number of nitrogens with one attached hydrogen (secondary N) is 1. The fourth-order valence-corrected chi connectivity index (χ4v) is 1.94. The number of benzene rings is 1. The van der Waals surface area contributed by atoms with E-state index >= 15 is 0 Å². The quantitative estimate of drug-likeness (QED) is 0.651. The van der Waals surface area contributed by atoms with Gasteiger partial charge in [0.25, 0.3) is 0 Å². The summed E-state index contributed by atoms with van der Waals surface area (Å²) >= 11 is 0. The first-order valence-corrected chi connectivity index (χ1v) is 7.80. The van der Waals surface area contributed by atoms with Crippen LogP contribution < -0.4 is 11.1 Å². The Morgan fingerprint density at radius 2 is 2.00 bits per heavy atom. The lowest BCUT2D eigenvalue weighted by Gasteiger charge is -2.17. The number of unbranched alkanes of at least 4 members (excludes halogenated alkanes) is 1. The standard InChI is InChI=1S/C17H28N2O2/c1-3-14(2)16(18)17(20)19-11-7-8-12-21-13-15-9-5-4-6-10-15/h4-6,9-10,14,16H,3,7-8,11-13,18H2,1-2H3,(H,19,20). The van der Waals surface area contributed by atoms with E-state index in [9.17, 15) is 4.79 Å². The van der Waals surface area contributed by atoms with Gasteiger partial charge in [-0.25, -0.2) is 0 Å². The lowest BCUT2D eigenvalue weighted by Crippen LogP contribution is -2.44. The van der Waals surface area contributed by atoms with Crippen molar-refractivity contribution in [2.75, 3.05) is 13.2 Å². The Morgan fingerprint density at radius 1 is 1.29 bits per heavy atom. The molecule has 4 heteroatoms. The average Bonchev–Trinajstić information content (AvgIpc) is 2.53. The molecule has 2 atom stereocenters. The summed E-state index contributed by atoms with van der Waals surface area (Å²) in [6.07, 6.45) is 2.77. The van der Waals surface area contributed by atoms with Gasteiger partial charge in [0.1, 0.15) is 0 Å². The van der Waals surface area contributed by atoms with Crippen molar-refractivity contribution in [2.24, 2.45) is 11.7 Å². The van der Waals surface area contributed by atoms with Crippen LogP contribution in [-0.2, 0) is 16.1 Å². The maximum Gasteiger partial charge on any atom is 0.237 e. The zero-order valence-electron chi connectivity index (χ0n) is 13.2. The van der Waals surface area contributed by atoms with E-state index in [1.807, 2.05) is 32.0 Å². The fourth-order valence-electron chi connectivity index (χ4n) is 1.94. The Hall–Kier alpha value is -1.39. The summed E-state index contributed by atoms with van der Waals surface area (Å²) in [5, 5.41) is 2.89. The highest BCUT2D eigenvalue weighted by Crippen LogP contribution is 2.05. The Morgan fingerprint density at radius 3 is 2.67 bits per heavy atom. The molecule has 0 saturated carbocycles. The van der Waals surface area contributed by atoms with Crippen LogP contribution in [0.2, 0.25) is 0 Å². The predicted molar refractivity (Wildman–Crippen MR) is 85.8 cm³/mol. The van der Waals surface area contributed by atoms with Crippen LogP contribution in [0.15, 0.2) is 30.3 Å². The molecule has 3 N–H and O–H groups in total. The highest BCUT2D eigenvalue weighted by Gasteiger charge is 2.18. The molecule has 0 radical (unpaired) electrons. The minimum Gasteiger partial charge on any atom is -0.377 e. The molecule has 1 rings (SSSR count). The number of nitrogens with two attached hydrogens (primary N) is 1. The van der Waals surface area contributed by atoms with Gasteiger partial charge in [-0.1, -0.05) is 50.6 Å². The third-order valence-corrected chi connectivity index (χ3v) is 3.69. The van der Waals surface area contributed by atoms with Gasteiger partial charge in [-0.15, -0.1) is 0 Å². The number of hydrogen-bond donors (Lipinski definition) is 2. The third kappa shape index (κ3) is 7.25. The summed E-state index contributed by atoms with van der Waals surface area (Å²) in [7, 11) is 0. The Kier molecular flexibility index (Phi) is 8.71. The zero-order chi connectivity index (χ0) is 15.5. The van der Waals surface area contributed by atoms with Crippen LogP contribution in [0.3, 0.4) is 0 Å². The van der Waals surface area contributed by atoms with Gasteiger partial charge >= 0.3 is 0 Å². The lowest BCUT2D eigenvalue weighted by atomic mass is 9.99. The van der Waals surface area contributed by atoms with E-state index in [4.69, 9.17) is 10.5 Å². The van der Waals surface area contributed by atoms with Gasteiger partial charge in [0.15, 0.2) is 0 Å². The summed E-state index contributed by atoms with van der Waals surface area (Å²) in [4.78, 5) is 11.7. The number of ether oxygens (including phenoxy) is 1. The maximum atomic E-state index is 11.7. The highest BCUT2D eigenvalue weighted by atomic mass is 16.5. The van der Waals surface area contributed by atoms with Crippen LogP contribution in [0.25, 0.3) is 0 Å². The van der Waals surface area contributed by atoms with Crippen molar-refractivity contribution in [1.82, 2.24) is 5.32 Å². The molecule has 0 aliphatic carbocycles. The van der Waals surface area contributed by atoms with Gasteiger partial charge in [0.2, 0.25) is 5.91 Å². The SMILES string of the molecule is CCC(C)C(N)C(=O)NCCCCOCc1ccccc1. The molecule has 0 aromatic heterocycles. The highest BCUT2D eigenvalue weighted by molar-refractivity contribution is 5.81. The van der Waals surface area contributed by atoms with Crippen molar-refractivity contribution in [1.29, 1.82) is 0 Å². The lowest BCUT2D eigenvalue weighted by molar-refractivity contribution is -0.123. The molecular formula is C17H28N2O2. The molecular weight excluding hydrogens is 264 g/mol. The van der Waals surface area contributed by atoms with Crippen LogP contribution >= 0.6 is 0 Å². The molecule has 2 unspecified atom stereocenters. The molecule has 4 nitrogen and oxygen atoms in total. The topological polar surface area (TPSA) is 64.4 Å². The summed E-state index contributed by atoms with van der Waals surface area (Å²) in [6, 6.07) is 9.72. The number of carbonyl (C=O) groups excluding carboxylic acids is 1. The van der Waals surface area contributed by atoms with Gasteiger partial charge in [-0.3, -0.25) is 4.79 Å². The number of amides is 1. The van der Waals surface area contributed by atoms with Crippen LogP contribution in [0, 0.1) is 5.92 Å². The summed E-state index contributed by atoms with van der Waals surface area (Å²) in [6.45, 7) is 6.06. The summed E-state index contributed by atoms with van der Waals surface area (Å²) in [5.74, 6) is 0.175. The fraction of sp³-hybridized carbons (Fsp3) is 0.588. The van der Waals surface area contributed by atoms with Crippen molar-refractivity contribution in [3.8, 4) is 0 Å². The van der Waals surface area contributed by atoms with E-state index in [1.165, 1.54) is 5.56 Å². The van der Waals surface area contributed by atoms with Gasteiger partial charge in [0, 0.05) is 13.2 Å². The molecule has 1 aromatic rings. The van der Waals surface area contributed by atoms with Crippen LogP contribution in [0.4, 0.5) is 0 Å². The Bertz CT molecular complexity index is 395. The number of hydrogen-bond acceptors (Lipinski definition) is 3. The maximum absolute atomic E-state index is 11.7. The second kappa shape index (κ2) is 10.4. The van der Waals surface area contributed by atoms with E-state index in [2.05, 4.69) is 17.4 Å². The van der Waals surface area contributed by atoms with E-state index in [0.717, 1.165) is 19.3 Å². The first kappa shape index (κ1) is 17.7. The molecule has 1 amide bonds. The zero-order valence-corrected chi connectivity index (χ0v) is 13.2. The van der Waals surface area contributed by atoms with E-state index < -0.39 is 6.04 Å². The van der Waals surface area contributed by atoms with Gasteiger partial charge in [-0.2, -0.15) is 0 Å². The smallest absolute Gasteiger partial charge is 0.237 e. The molecule has 0 heterocycles. The van der Waals surface area contributed by atoms with Gasteiger partial charge in [-0.05, 0) is 24.3 Å². The number of rotatable bonds is 10. The largest absolute Gasteiger partial charge is 0.377 e. The van der Waals surface area contributed by atoms with Gasteiger partial charge in [0.05, 0.1) is 12.6 Å². The molecule has 0 saturated heterocycles. The Balaban J connectivity index is 2.01. The molecule has 118 valence electrons. The van der Waals surface area contributed by atoms with Crippen molar-refractivity contribution in [3.63, 3.8) is 0 Å². The van der Waals surface area contributed by atoms with E-state index in [1.54, 1.807) is 0 Å². The summed E-state index contributed by atoms with van der Waals surface area (Å²) < 4.78 is 5.59. The van der Waals surface area contributed by atoms with Gasteiger partial charge < -0.3 is 15.8 Å². The summed E-state index contributed by atoms with van der Waals surface area (Å²) in [5.41, 5.74) is 7.05. The molecule has 0 bridgehead atoms. The molecule has 1 aromatic carbocycles. The van der Waals surface area contributed by atoms with E-state index in [0.29, 0.717) is 19.8 Å². The molecule has 0 aliphatic heterocycles. The minimum absolute atomic E-state index is 0.0467. The normalized spacial score (nSPS) is 13.7. The predicted octanol–water partition coefficient (Wildman–Crippen LogP) is 2.47. The van der Waals surface area contributed by atoms with Crippen molar-refractivity contribution in [2.45, 2.75) is 45.8 Å². The average molecular weight is 292 g/mol. The number of carbonyl (C=O) groups is 1. The van der Waals surface area contributed by atoms with Crippen molar-refractivity contribution >= 4 is 5.91 Å². The molecule has 21 heavy (non-hydrogen) atoms. The van der Waals surface area contributed by atoms with Crippen molar-refractivity contribution < 1.29 is 9.53 Å². The monoisotopic (exact) mass is 292 g/mol. The molecule has 0 fully saturated rings. The molecule has 0 aliphatic rings. The van der Waals surface area contributed by atoms with E-state index in [-0.39, 0.29) is 11.8 Å². The molecule has 0 spiro atoms. The van der Waals surface area contributed by atoms with Crippen LogP contribution in [0.1, 0.15) is 38.7 Å². The van der Waals surface area contributed by atoms with Crippen molar-refractivity contribution in [3.05, 3.63) is 35.9 Å². The first-order chi connectivity index (χ1) is 10.1. The second-order valence-electron chi connectivity index (χ2n) is 5.45. The van der Waals surface area contributed by atoms with Crippen LogP contribution in [0.5, 0.6) is 0 Å². The minimum atomic E-state index is -0.399.